The van der Waals surface area contributed by atoms with Crippen molar-refractivity contribution in [3.8, 4) is 5.75 Å². The van der Waals surface area contributed by atoms with Crippen LogP contribution in [0.25, 0.3) is 0 Å². The second kappa shape index (κ2) is 9.47. The molecule has 1 aliphatic heterocycles. The number of carbonyl (C=O) groups excluding carboxylic acids is 2. The van der Waals surface area contributed by atoms with Crippen molar-refractivity contribution in [2.75, 3.05) is 25.5 Å². The number of halogens is 2. The molecular weight excluding hydrogens is 346 g/mol. The van der Waals surface area contributed by atoms with E-state index in [0.717, 1.165) is 32.0 Å². The molecule has 8 heteroatoms. The van der Waals surface area contributed by atoms with Crippen LogP contribution in [0.3, 0.4) is 0 Å². The van der Waals surface area contributed by atoms with Gasteiger partial charge in [-0.05, 0) is 56.0 Å². The highest BCUT2D eigenvalue weighted by Crippen LogP contribution is 2.29. The number of esters is 1. The molecule has 1 aliphatic rings. The second-order valence-corrected chi connectivity index (χ2v) is 6.40. The van der Waals surface area contributed by atoms with Gasteiger partial charge in [0, 0.05) is 6.42 Å². The number of rotatable bonds is 7. The monoisotopic (exact) mass is 370 g/mol. The van der Waals surface area contributed by atoms with Gasteiger partial charge in [0.25, 0.3) is 0 Å². The lowest BCUT2D eigenvalue weighted by Crippen LogP contribution is -2.32. The first-order valence-electron chi connectivity index (χ1n) is 8.58. The maximum atomic E-state index is 12.6. The third-order valence-corrected chi connectivity index (χ3v) is 4.59. The van der Waals surface area contributed by atoms with Crippen molar-refractivity contribution in [3.63, 3.8) is 0 Å². The topological polar surface area (TPSA) is 76.7 Å². The Bertz CT molecular complexity index is 634. The molecule has 6 nitrogen and oxygen atoms in total. The van der Waals surface area contributed by atoms with Crippen LogP contribution >= 0.6 is 0 Å². The largest absolute Gasteiger partial charge is 0.465 e. The quantitative estimate of drug-likeness (QED) is 0.722. The molecule has 0 aliphatic carbocycles. The molecule has 2 rings (SSSR count). The van der Waals surface area contributed by atoms with E-state index < -0.39 is 12.6 Å². The predicted molar refractivity (Wildman–Crippen MR) is 92.4 cm³/mol. The minimum atomic E-state index is -3.08. The van der Waals surface area contributed by atoms with Crippen LogP contribution in [0.4, 0.5) is 14.5 Å². The van der Waals surface area contributed by atoms with Crippen molar-refractivity contribution in [1.82, 2.24) is 5.32 Å². The van der Waals surface area contributed by atoms with E-state index in [0.29, 0.717) is 5.92 Å². The molecule has 1 aromatic rings. The van der Waals surface area contributed by atoms with Gasteiger partial charge in [0.1, 0.15) is 5.75 Å². The number of benzene rings is 1. The molecule has 1 unspecified atom stereocenters. The van der Waals surface area contributed by atoms with E-state index in [9.17, 15) is 18.4 Å². The maximum absolute atomic E-state index is 12.6. The van der Waals surface area contributed by atoms with Crippen LogP contribution in [0.1, 0.15) is 36.5 Å². The first-order chi connectivity index (χ1) is 12.4. The molecule has 0 saturated carbocycles. The Morgan fingerprint density at radius 1 is 1.31 bits per heavy atom. The number of nitrogens with one attached hydrogen (secondary N) is 2. The molecule has 1 atom stereocenters. The number of anilines is 1. The van der Waals surface area contributed by atoms with Crippen LogP contribution in [0.2, 0.25) is 0 Å². The first kappa shape index (κ1) is 20.1. The van der Waals surface area contributed by atoms with Gasteiger partial charge in [-0.3, -0.25) is 4.79 Å². The molecule has 1 amide bonds. The fourth-order valence-corrected chi connectivity index (χ4v) is 3.14. The Balaban J connectivity index is 2.06. The number of ether oxygens (including phenoxy) is 2. The van der Waals surface area contributed by atoms with Crippen LogP contribution in [0, 0.1) is 11.8 Å². The van der Waals surface area contributed by atoms with Gasteiger partial charge in [-0.2, -0.15) is 8.78 Å². The number of carbonyl (C=O) groups is 2. The Kier molecular flexibility index (Phi) is 7.32. The third-order valence-electron chi connectivity index (χ3n) is 4.59. The zero-order valence-electron chi connectivity index (χ0n) is 14.9. The van der Waals surface area contributed by atoms with Crippen molar-refractivity contribution in [1.29, 1.82) is 0 Å². The van der Waals surface area contributed by atoms with E-state index >= 15 is 0 Å². The molecular formula is C18H24F2N2O4. The van der Waals surface area contributed by atoms with Crippen molar-refractivity contribution >= 4 is 17.6 Å². The van der Waals surface area contributed by atoms with Crippen LogP contribution in [-0.2, 0) is 9.53 Å². The fraction of sp³-hybridized carbons (Fsp3) is 0.556. The summed E-state index contributed by atoms with van der Waals surface area (Å²) in [6.45, 7) is 0.829. The number of amides is 1. The summed E-state index contributed by atoms with van der Waals surface area (Å²) in [6, 6.07) is 3.87. The molecule has 144 valence electrons. The van der Waals surface area contributed by atoms with E-state index in [1.165, 1.54) is 19.2 Å². The molecule has 2 N–H and O–H groups in total. The minimum absolute atomic E-state index is 0.0595. The van der Waals surface area contributed by atoms with Crippen LogP contribution in [0.5, 0.6) is 5.75 Å². The lowest BCUT2D eigenvalue weighted by atomic mass is 9.84. The maximum Gasteiger partial charge on any atom is 0.387 e. The second-order valence-electron chi connectivity index (χ2n) is 6.40. The van der Waals surface area contributed by atoms with Gasteiger partial charge in [-0.25, -0.2) is 4.79 Å². The molecule has 1 saturated heterocycles. The lowest BCUT2D eigenvalue weighted by Gasteiger charge is -2.28. The number of alkyl halides is 2. The summed E-state index contributed by atoms with van der Waals surface area (Å²) in [5.41, 5.74) is 0.157. The van der Waals surface area contributed by atoms with Gasteiger partial charge in [0.2, 0.25) is 5.91 Å². The zero-order chi connectivity index (χ0) is 19.1. The summed E-state index contributed by atoms with van der Waals surface area (Å²) in [7, 11) is 1.19. The summed E-state index contributed by atoms with van der Waals surface area (Å²) >= 11 is 0. The Morgan fingerprint density at radius 3 is 2.62 bits per heavy atom. The normalized spacial score (nSPS) is 16.2. The van der Waals surface area contributed by atoms with Crippen molar-refractivity contribution < 1.29 is 27.8 Å². The third kappa shape index (κ3) is 5.66. The number of methoxy groups -OCH3 is 1. The van der Waals surface area contributed by atoms with E-state index in [1.54, 1.807) is 0 Å². The van der Waals surface area contributed by atoms with E-state index in [1.807, 2.05) is 6.92 Å². The number of hydrogen-bond acceptors (Lipinski definition) is 5. The molecule has 0 aromatic heterocycles. The highest BCUT2D eigenvalue weighted by Gasteiger charge is 2.23. The van der Waals surface area contributed by atoms with Gasteiger partial charge < -0.3 is 20.1 Å². The summed E-state index contributed by atoms with van der Waals surface area (Å²) in [6.07, 6.45) is 2.32. The van der Waals surface area contributed by atoms with E-state index in [-0.39, 0.29) is 35.2 Å². The zero-order valence-corrected chi connectivity index (χ0v) is 14.9. The van der Waals surface area contributed by atoms with Crippen LogP contribution in [-0.4, -0.2) is 38.7 Å². The van der Waals surface area contributed by atoms with Gasteiger partial charge >= 0.3 is 12.6 Å². The average Bonchev–Trinajstić information content (AvgIpc) is 2.62. The summed E-state index contributed by atoms with van der Waals surface area (Å²) in [5, 5.41) is 5.89. The highest BCUT2D eigenvalue weighted by molar-refractivity contribution is 5.95. The summed E-state index contributed by atoms with van der Waals surface area (Å²) in [5.74, 6) is -0.584. The van der Waals surface area contributed by atoms with Crippen molar-refractivity contribution in [3.05, 3.63) is 23.8 Å². The Hall–Kier alpha value is -2.22. The van der Waals surface area contributed by atoms with Crippen LogP contribution in [0.15, 0.2) is 18.2 Å². The van der Waals surface area contributed by atoms with Crippen molar-refractivity contribution in [2.24, 2.45) is 11.8 Å². The summed E-state index contributed by atoms with van der Waals surface area (Å²) in [4.78, 5) is 23.9. The summed E-state index contributed by atoms with van der Waals surface area (Å²) < 4.78 is 34.3. The Morgan fingerprint density at radius 2 is 2.00 bits per heavy atom. The highest BCUT2D eigenvalue weighted by atomic mass is 19.3. The number of piperidine rings is 1. The first-order valence-corrected chi connectivity index (χ1v) is 8.58. The van der Waals surface area contributed by atoms with Gasteiger partial charge in [0.15, 0.2) is 0 Å². The van der Waals surface area contributed by atoms with Gasteiger partial charge in [-0.1, -0.05) is 6.92 Å². The van der Waals surface area contributed by atoms with E-state index in [2.05, 4.69) is 20.1 Å². The SMILES string of the molecule is COC(=O)c1ccc(NC(=O)CC(C)C2CCNCC2)c(OC(F)F)c1. The molecule has 1 fully saturated rings. The smallest absolute Gasteiger partial charge is 0.387 e. The molecule has 0 bridgehead atoms. The Labute approximate surface area is 151 Å². The van der Waals surface area contributed by atoms with Crippen LogP contribution < -0.4 is 15.4 Å². The molecule has 1 heterocycles. The number of hydrogen-bond donors (Lipinski definition) is 2. The predicted octanol–water partition coefficient (Wildman–Crippen LogP) is 3.04. The van der Waals surface area contributed by atoms with Gasteiger partial charge in [0.05, 0.1) is 18.4 Å². The average molecular weight is 370 g/mol. The fourth-order valence-electron chi connectivity index (χ4n) is 3.14. The van der Waals surface area contributed by atoms with Gasteiger partial charge in [-0.15, -0.1) is 0 Å². The molecule has 0 spiro atoms. The molecule has 1 aromatic carbocycles. The van der Waals surface area contributed by atoms with E-state index in [4.69, 9.17) is 0 Å². The van der Waals surface area contributed by atoms with Crippen molar-refractivity contribution in [2.45, 2.75) is 32.8 Å². The lowest BCUT2D eigenvalue weighted by molar-refractivity contribution is -0.117. The minimum Gasteiger partial charge on any atom is -0.465 e. The molecule has 0 radical (unpaired) electrons. The molecule has 26 heavy (non-hydrogen) atoms. The standard InChI is InChI=1S/C18H24F2N2O4/c1-11(12-5-7-21-8-6-12)9-16(23)22-14-4-3-13(17(24)25-2)10-15(14)26-18(19)20/h3-4,10-12,18,21H,5-9H2,1-2H3,(H,22,23).